The van der Waals surface area contributed by atoms with Crippen molar-refractivity contribution in [3.8, 4) is 67.4 Å². The fraction of sp³-hybridized carbons (Fsp3) is 0. The molecule has 0 bridgehead atoms. The molecule has 42 heavy (non-hydrogen) atoms. The molecular weight excluding hydrogens is 512 g/mol. The molecule has 0 aliphatic heterocycles. The summed E-state index contributed by atoms with van der Waals surface area (Å²) in [7, 11) is 0. The Morgan fingerprint density at radius 3 is 1.31 bits per heavy atom. The second-order valence-electron chi connectivity index (χ2n) is 10.0. The number of hydrogen-bond acceptors (Lipinski definition) is 4. The topological polar surface area (TPSA) is 51.6 Å². The van der Waals surface area contributed by atoms with Gasteiger partial charge in [-0.05, 0) is 28.3 Å². The summed E-state index contributed by atoms with van der Waals surface area (Å²) in [5, 5.41) is 0. The first-order valence-electron chi connectivity index (χ1n) is 13.9. The highest BCUT2D eigenvalue weighted by molar-refractivity contribution is 5.84. The maximum atomic E-state index is 4.95. The summed E-state index contributed by atoms with van der Waals surface area (Å²) in [6.07, 6.45) is 3.53. The first kappa shape index (κ1) is 25.2. The normalized spacial score (nSPS) is 10.9. The van der Waals surface area contributed by atoms with E-state index >= 15 is 0 Å². The van der Waals surface area contributed by atoms with Crippen LogP contribution in [0.25, 0.3) is 67.4 Å². The van der Waals surface area contributed by atoms with Crippen molar-refractivity contribution >= 4 is 0 Å². The smallest absolute Gasteiger partial charge is 0.163 e. The highest BCUT2D eigenvalue weighted by Crippen LogP contribution is 2.34. The first-order valence-corrected chi connectivity index (χ1v) is 13.9. The predicted molar refractivity (Wildman–Crippen MR) is 170 cm³/mol. The van der Waals surface area contributed by atoms with E-state index in [0.29, 0.717) is 11.6 Å². The maximum Gasteiger partial charge on any atom is 0.163 e. The van der Waals surface area contributed by atoms with Crippen LogP contribution in [0.15, 0.2) is 158 Å². The summed E-state index contributed by atoms with van der Waals surface area (Å²) in [4.78, 5) is 18.7. The lowest BCUT2D eigenvalue weighted by atomic mass is 9.95. The maximum absolute atomic E-state index is 4.95. The number of nitrogens with zero attached hydrogens (tertiary/aromatic N) is 4. The molecule has 198 valence electrons. The third-order valence-corrected chi connectivity index (χ3v) is 7.32. The van der Waals surface area contributed by atoms with Gasteiger partial charge in [0.2, 0.25) is 0 Å². The SMILES string of the molecule is c1ccc(-c2ccc(-c3ncnc(-c4ccc(-c5ncc(-c6ccccc6)cc5-c5ccccc5)cc4)n3)cc2)cc1. The third-order valence-electron chi connectivity index (χ3n) is 7.32. The van der Waals surface area contributed by atoms with Gasteiger partial charge in [0.15, 0.2) is 11.6 Å². The average molecular weight is 539 g/mol. The summed E-state index contributed by atoms with van der Waals surface area (Å²) in [6, 6.07) is 49.9. The van der Waals surface area contributed by atoms with Crippen LogP contribution < -0.4 is 0 Å². The Kier molecular flexibility index (Phi) is 6.85. The van der Waals surface area contributed by atoms with Crippen LogP contribution in [0.5, 0.6) is 0 Å². The Morgan fingerprint density at radius 2 is 0.762 bits per heavy atom. The molecule has 0 spiro atoms. The number of hydrogen-bond donors (Lipinski definition) is 0. The average Bonchev–Trinajstić information content (AvgIpc) is 3.09. The van der Waals surface area contributed by atoms with E-state index in [2.05, 4.69) is 125 Å². The Morgan fingerprint density at radius 1 is 0.333 bits per heavy atom. The number of benzene rings is 5. The van der Waals surface area contributed by atoms with E-state index in [1.165, 1.54) is 5.56 Å². The Bertz CT molecular complexity index is 1940. The molecular formula is C38H26N4. The molecule has 0 aliphatic rings. The molecule has 4 nitrogen and oxygen atoms in total. The van der Waals surface area contributed by atoms with Crippen molar-refractivity contribution in [2.45, 2.75) is 0 Å². The van der Waals surface area contributed by atoms with Crippen molar-refractivity contribution in [2.75, 3.05) is 0 Å². The summed E-state index contributed by atoms with van der Waals surface area (Å²) >= 11 is 0. The van der Waals surface area contributed by atoms with Crippen molar-refractivity contribution in [3.63, 3.8) is 0 Å². The highest BCUT2D eigenvalue weighted by Gasteiger charge is 2.13. The van der Waals surface area contributed by atoms with Gasteiger partial charge in [-0.1, -0.05) is 140 Å². The van der Waals surface area contributed by atoms with Crippen LogP contribution in [-0.2, 0) is 0 Å². The second kappa shape index (κ2) is 11.4. The molecule has 7 rings (SSSR count). The van der Waals surface area contributed by atoms with Crippen molar-refractivity contribution in [2.24, 2.45) is 0 Å². The molecule has 0 aliphatic carbocycles. The van der Waals surface area contributed by atoms with Crippen molar-refractivity contribution < 1.29 is 0 Å². The van der Waals surface area contributed by atoms with Crippen LogP contribution >= 0.6 is 0 Å². The van der Waals surface area contributed by atoms with Crippen molar-refractivity contribution in [1.82, 2.24) is 19.9 Å². The highest BCUT2D eigenvalue weighted by atomic mass is 15.0. The molecule has 0 atom stereocenters. The van der Waals surface area contributed by atoms with Crippen molar-refractivity contribution in [3.05, 3.63) is 158 Å². The largest absolute Gasteiger partial charge is 0.255 e. The molecule has 0 amide bonds. The quantitative estimate of drug-likeness (QED) is 0.212. The van der Waals surface area contributed by atoms with Gasteiger partial charge in [-0.3, -0.25) is 4.98 Å². The van der Waals surface area contributed by atoms with Gasteiger partial charge in [0.05, 0.1) is 5.69 Å². The van der Waals surface area contributed by atoms with Crippen LogP contribution in [0.1, 0.15) is 0 Å². The number of rotatable bonds is 6. The van der Waals surface area contributed by atoms with E-state index in [1.54, 1.807) is 6.33 Å². The Balaban J connectivity index is 1.20. The molecule has 2 aromatic heterocycles. The van der Waals surface area contributed by atoms with E-state index in [0.717, 1.165) is 50.2 Å². The fourth-order valence-electron chi connectivity index (χ4n) is 5.12. The van der Waals surface area contributed by atoms with Gasteiger partial charge in [0, 0.05) is 34.0 Å². The fourth-order valence-corrected chi connectivity index (χ4v) is 5.12. The standard InChI is InChI=1S/C38H26N4/c1-4-10-27(11-5-1)29-16-20-32(21-17-29)37-40-26-41-38(42-37)33-22-18-31(19-23-33)36-35(30-14-8-3-9-15-30)24-34(25-39-36)28-12-6-2-7-13-28/h1-26H. The van der Waals surface area contributed by atoms with Crippen LogP contribution in [0, 0.1) is 0 Å². The van der Waals surface area contributed by atoms with Gasteiger partial charge in [-0.25, -0.2) is 15.0 Å². The first-order chi connectivity index (χ1) is 20.8. The lowest BCUT2D eigenvalue weighted by Gasteiger charge is -2.12. The van der Waals surface area contributed by atoms with Crippen LogP contribution in [0.4, 0.5) is 0 Å². The Hall–Kier alpha value is -5.74. The van der Waals surface area contributed by atoms with E-state index in [1.807, 2.05) is 36.5 Å². The molecule has 0 saturated heterocycles. The van der Waals surface area contributed by atoms with Crippen LogP contribution in [0.3, 0.4) is 0 Å². The molecule has 5 aromatic carbocycles. The zero-order chi connectivity index (χ0) is 28.1. The van der Waals surface area contributed by atoms with Crippen LogP contribution in [-0.4, -0.2) is 19.9 Å². The zero-order valence-electron chi connectivity index (χ0n) is 22.8. The van der Waals surface area contributed by atoms with Gasteiger partial charge in [-0.2, -0.15) is 0 Å². The van der Waals surface area contributed by atoms with Gasteiger partial charge in [0.25, 0.3) is 0 Å². The second-order valence-corrected chi connectivity index (χ2v) is 10.0. The van der Waals surface area contributed by atoms with Gasteiger partial charge in [-0.15, -0.1) is 0 Å². The molecule has 0 radical (unpaired) electrons. The zero-order valence-corrected chi connectivity index (χ0v) is 22.8. The van der Waals surface area contributed by atoms with Crippen molar-refractivity contribution in [1.29, 1.82) is 0 Å². The van der Waals surface area contributed by atoms with Gasteiger partial charge >= 0.3 is 0 Å². The van der Waals surface area contributed by atoms with E-state index in [-0.39, 0.29) is 0 Å². The summed E-state index contributed by atoms with van der Waals surface area (Å²) in [5.74, 6) is 1.28. The molecule has 0 fully saturated rings. The summed E-state index contributed by atoms with van der Waals surface area (Å²) in [6.45, 7) is 0. The minimum atomic E-state index is 0.634. The monoisotopic (exact) mass is 538 g/mol. The molecule has 2 heterocycles. The lowest BCUT2D eigenvalue weighted by molar-refractivity contribution is 1.07. The third kappa shape index (κ3) is 5.21. The molecule has 4 heteroatoms. The number of aromatic nitrogens is 4. The lowest BCUT2D eigenvalue weighted by Crippen LogP contribution is -1.96. The van der Waals surface area contributed by atoms with E-state index in [9.17, 15) is 0 Å². The Labute approximate surface area is 245 Å². The van der Waals surface area contributed by atoms with Gasteiger partial charge < -0.3 is 0 Å². The molecule has 0 N–H and O–H groups in total. The molecule has 0 saturated carbocycles. The molecule has 0 unspecified atom stereocenters. The van der Waals surface area contributed by atoms with E-state index in [4.69, 9.17) is 9.97 Å². The minimum Gasteiger partial charge on any atom is -0.255 e. The summed E-state index contributed by atoms with van der Waals surface area (Å²) < 4.78 is 0. The molecule has 7 aromatic rings. The minimum absolute atomic E-state index is 0.634. The number of pyridine rings is 1. The van der Waals surface area contributed by atoms with Crippen LogP contribution in [0.2, 0.25) is 0 Å². The predicted octanol–water partition coefficient (Wildman–Crippen LogP) is 9.27. The van der Waals surface area contributed by atoms with Gasteiger partial charge in [0.1, 0.15) is 6.33 Å². The summed E-state index contributed by atoms with van der Waals surface area (Å²) in [5.41, 5.74) is 10.6. The van der Waals surface area contributed by atoms with E-state index < -0.39 is 0 Å².